The highest BCUT2D eigenvalue weighted by molar-refractivity contribution is 6.30. The normalized spacial score (nSPS) is 22.9. The molecule has 2 N–H and O–H groups in total. The number of nitrogens with one attached hydrogen (secondary N) is 2. The summed E-state index contributed by atoms with van der Waals surface area (Å²) in [5, 5.41) is 6.33. The van der Waals surface area contributed by atoms with Crippen LogP contribution >= 0.6 is 11.6 Å². The highest BCUT2D eigenvalue weighted by Gasteiger charge is 2.47. The summed E-state index contributed by atoms with van der Waals surface area (Å²) in [5.74, 6) is -1.47. The maximum atomic E-state index is 14.4. The van der Waals surface area contributed by atoms with Crippen LogP contribution in [0, 0.1) is 5.92 Å². The van der Waals surface area contributed by atoms with Crippen molar-refractivity contribution >= 4 is 46.9 Å². The van der Waals surface area contributed by atoms with Gasteiger partial charge in [0, 0.05) is 40.5 Å². The first-order valence-corrected chi connectivity index (χ1v) is 15.6. The first-order chi connectivity index (χ1) is 21.7. The number of carbonyl (C=O) groups excluding carboxylic acids is 4. The number of carbonyl (C=O) groups is 4. The van der Waals surface area contributed by atoms with E-state index in [2.05, 4.69) is 15.6 Å². The fourth-order valence-electron chi connectivity index (χ4n) is 6.62. The molecule has 1 aromatic heterocycles. The monoisotopic (exact) mass is 630 g/mol. The van der Waals surface area contributed by atoms with Crippen molar-refractivity contribution in [2.24, 2.45) is 5.92 Å². The molecular weight excluding hydrogens is 596 g/mol. The number of pyridine rings is 1. The molecule has 3 atom stereocenters. The van der Waals surface area contributed by atoms with E-state index in [0.717, 1.165) is 16.7 Å². The maximum absolute atomic E-state index is 14.4. The van der Waals surface area contributed by atoms with E-state index in [1.165, 1.54) is 7.11 Å². The lowest BCUT2D eigenvalue weighted by Gasteiger charge is -2.45. The van der Waals surface area contributed by atoms with Gasteiger partial charge in [-0.1, -0.05) is 37.1 Å². The number of halogens is 1. The van der Waals surface area contributed by atoms with E-state index in [-0.39, 0.29) is 36.7 Å². The highest BCUT2D eigenvalue weighted by Crippen LogP contribution is 2.44. The van der Waals surface area contributed by atoms with Gasteiger partial charge in [-0.25, -0.2) is 4.79 Å². The summed E-state index contributed by atoms with van der Waals surface area (Å²) < 4.78 is 10.8. The van der Waals surface area contributed by atoms with Crippen LogP contribution in [0.4, 0.5) is 16.2 Å². The third-order valence-corrected chi connectivity index (χ3v) is 9.24. The molecule has 3 amide bonds. The lowest BCUT2D eigenvalue weighted by Crippen LogP contribution is -2.54. The SMILES string of the molecule is COC(=O)Cc1ccc2c(c1)NC(=O)C(C)CCCC(C(=O)N1CCC[C@@]3(C1)OC(=O)Nc1ccc(Cl)cc13)c1cc-2ccn1. The fraction of sp³-hybridized carbons (Fsp3) is 0.382. The molecule has 1 spiro atoms. The summed E-state index contributed by atoms with van der Waals surface area (Å²) in [4.78, 5) is 58.7. The molecule has 0 radical (unpaired) electrons. The van der Waals surface area contributed by atoms with Gasteiger partial charge in [0.15, 0.2) is 5.60 Å². The van der Waals surface area contributed by atoms with Crippen molar-refractivity contribution in [1.29, 1.82) is 0 Å². The topological polar surface area (TPSA) is 127 Å². The molecule has 10 nitrogen and oxygen atoms in total. The Morgan fingerprint density at radius 2 is 1.91 bits per heavy atom. The Morgan fingerprint density at radius 1 is 1.07 bits per heavy atom. The molecule has 4 heterocycles. The van der Waals surface area contributed by atoms with Crippen LogP contribution in [0.2, 0.25) is 5.02 Å². The first kappa shape index (κ1) is 30.6. The average molecular weight is 631 g/mol. The number of benzene rings is 2. The molecular formula is C34H35ClN4O6. The number of ether oxygens (including phenoxy) is 2. The van der Waals surface area contributed by atoms with Crippen LogP contribution in [0.3, 0.4) is 0 Å². The zero-order valence-corrected chi connectivity index (χ0v) is 26.0. The van der Waals surface area contributed by atoms with Gasteiger partial charge >= 0.3 is 12.1 Å². The second-order valence-electron chi connectivity index (χ2n) is 12.0. The molecule has 2 bridgehead atoms. The Balaban J connectivity index is 1.35. The van der Waals surface area contributed by atoms with Gasteiger partial charge in [-0.2, -0.15) is 0 Å². The second-order valence-corrected chi connectivity index (χ2v) is 12.5. The van der Waals surface area contributed by atoms with E-state index in [1.54, 1.807) is 35.4 Å². The molecule has 45 heavy (non-hydrogen) atoms. The van der Waals surface area contributed by atoms with Crippen LogP contribution in [0.25, 0.3) is 11.1 Å². The summed E-state index contributed by atoms with van der Waals surface area (Å²) in [6.45, 7) is 2.59. The number of amides is 3. The van der Waals surface area contributed by atoms with E-state index in [0.29, 0.717) is 66.3 Å². The smallest absolute Gasteiger partial charge is 0.412 e. The van der Waals surface area contributed by atoms with Crippen LogP contribution in [-0.2, 0) is 35.9 Å². The third kappa shape index (κ3) is 6.24. The van der Waals surface area contributed by atoms with Crippen molar-refractivity contribution < 1.29 is 28.7 Å². The third-order valence-electron chi connectivity index (χ3n) is 9.01. The second kappa shape index (κ2) is 12.5. The largest absolute Gasteiger partial charge is 0.469 e. The minimum absolute atomic E-state index is 0.0761. The quantitative estimate of drug-likeness (QED) is 0.338. The molecule has 234 valence electrons. The maximum Gasteiger partial charge on any atom is 0.412 e. The standard InChI is InChI=1S/C34H35ClN4O6/c1-20-5-3-6-25(32(42)39-14-4-12-34(19-39)26-18-23(35)8-10-27(26)38-33(43)45-34)28-17-22(11-13-36-28)24-9-7-21(16-30(40)44-2)15-29(24)37-31(20)41/h7-11,13,15,17-18,20,25H,3-6,12,14,16,19H2,1-2H3,(H,37,41)(H,38,43)/t20?,25?,34-/m0/s1. The molecule has 3 aliphatic rings. The highest BCUT2D eigenvalue weighted by atomic mass is 35.5. The number of likely N-dealkylation sites (tertiary alicyclic amines) is 1. The van der Waals surface area contributed by atoms with Crippen LogP contribution in [0.1, 0.15) is 61.8 Å². The molecule has 3 aliphatic heterocycles. The van der Waals surface area contributed by atoms with Crippen molar-refractivity contribution in [2.45, 2.75) is 57.0 Å². The predicted octanol–water partition coefficient (Wildman–Crippen LogP) is 6.04. The van der Waals surface area contributed by atoms with Gasteiger partial charge in [-0.15, -0.1) is 0 Å². The number of aromatic nitrogens is 1. The van der Waals surface area contributed by atoms with Crippen molar-refractivity contribution in [1.82, 2.24) is 9.88 Å². The van der Waals surface area contributed by atoms with E-state index in [9.17, 15) is 19.2 Å². The summed E-state index contributed by atoms with van der Waals surface area (Å²) >= 11 is 6.35. The van der Waals surface area contributed by atoms with Gasteiger partial charge in [0.25, 0.3) is 0 Å². The van der Waals surface area contributed by atoms with E-state index in [1.807, 2.05) is 31.2 Å². The van der Waals surface area contributed by atoms with Crippen LogP contribution in [0.15, 0.2) is 54.7 Å². The van der Waals surface area contributed by atoms with Gasteiger partial charge in [0.2, 0.25) is 11.8 Å². The average Bonchev–Trinajstić information content (AvgIpc) is 3.03. The molecule has 0 saturated carbocycles. The summed E-state index contributed by atoms with van der Waals surface area (Å²) in [6.07, 6.45) is 4.12. The lowest BCUT2D eigenvalue weighted by molar-refractivity contribution is -0.141. The Morgan fingerprint density at radius 3 is 2.73 bits per heavy atom. The number of nitrogens with zero attached hydrogens (tertiary/aromatic N) is 2. The Kier molecular flexibility index (Phi) is 8.50. The van der Waals surface area contributed by atoms with E-state index >= 15 is 0 Å². The lowest BCUT2D eigenvalue weighted by atomic mass is 9.82. The molecule has 6 rings (SSSR count). The minimum atomic E-state index is -1.01. The number of methoxy groups -OCH3 is 1. The molecule has 3 aromatic rings. The van der Waals surface area contributed by atoms with Crippen molar-refractivity contribution in [3.8, 4) is 11.1 Å². The zero-order valence-electron chi connectivity index (χ0n) is 25.2. The predicted molar refractivity (Wildman–Crippen MR) is 169 cm³/mol. The number of piperidine rings is 1. The molecule has 1 fully saturated rings. The van der Waals surface area contributed by atoms with Crippen LogP contribution in [-0.4, -0.2) is 54.0 Å². The van der Waals surface area contributed by atoms with E-state index in [4.69, 9.17) is 21.1 Å². The molecule has 1 saturated heterocycles. The summed E-state index contributed by atoms with van der Waals surface area (Å²) in [5.41, 5.74) is 3.85. The van der Waals surface area contributed by atoms with Gasteiger partial charge in [0.05, 0.1) is 37.4 Å². The zero-order chi connectivity index (χ0) is 31.7. The van der Waals surface area contributed by atoms with Crippen LogP contribution in [0.5, 0.6) is 0 Å². The minimum Gasteiger partial charge on any atom is -0.469 e. The molecule has 2 aromatic carbocycles. The number of hydrogen-bond acceptors (Lipinski definition) is 7. The molecule has 2 unspecified atom stereocenters. The van der Waals surface area contributed by atoms with Gasteiger partial charge in [-0.3, -0.25) is 24.7 Å². The molecule has 11 heteroatoms. The number of esters is 1. The number of rotatable bonds is 3. The Bertz CT molecular complexity index is 1680. The van der Waals surface area contributed by atoms with Gasteiger partial charge in [0.1, 0.15) is 0 Å². The number of fused-ring (bicyclic) bond motifs is 6. The Labute approximate surface area is 266 Å². The summed E-state index contributed by atoms with van der Waals surface area (Å²) in [7, 11) is 1.34. The van der Waals surface area contributed by atoms with Crippen molar-refractivity contribution in [3.05, 3.63) is 76.6 Å². The summed E-state index contributed by atoms with van der Waals surface area (Å²) in [6, 6.07) is 14.5. The van der Waals surface area contributed by atoms with Crippen LogP contribution < -0.4 is 10.6 Å². The fourth-order valence-corrected chi connectivity index (χ4v) is 6.79. The number of hydrogen-bond donors (Lipinski definition) is 2. The Hall–Kier alpha value is -4.44. The van der Waals surface area contributed by atoms with Crippen molar-refractivity contribution in [2.75, 3.05) is 30.8 Å². The first-order valence-electron chi connectivity index (χ1n) is 15.2. The van der Waals surface area contributed by atoms with E-state index < -0.39 is 17.6 Å². The van der Waals surface area contributed by atoms with Crippen molar-refractivity contribution in [3.63, 3.8) is 0 Å². The number of anilines is 2. The van der Waals surface area contributed by atoms with Gasteiger partial charge in [-0.05, 0) is 73.2 Å². The van der Waals surface area contributed by atoms with Gasteiger partial charge < -0.3 is 19.7 Å². The molecule has 0 aliphatic carbocycles.